The molecule has 0 unspecified atom stereocenters. The summed E-state index contributed by atoms with van der Waals surface area (Å²) in [5.41, 5.74) is 9.36. The van der Waals surface area contributed by atoms with Crippen LogP contribution < -0.4 is 10.5 Å². The van der Waals surface area contributed by atoms with E-state index in [9.17, 15) is 0 Å². The van der Waals surface area contributed by atoms with Gasteiger partial charge in [-0.15, -0.1) is 11.8 Å². The van der Waals surface area contributed by atoms with Crippen LogP contribution in [-0.2, 0) is 6.54 Å². The highest BCUT2D eigenvalue weighted by atomic mass is 32.2. The molecule has 0 aliphatic rings. The number of aryl methyl sites for hydroxylation is 2. The molecule has 0 fully saturated rings. The van der Waals surface area contributed by atoms with Crippen LogP contribution in [0, 0.1) is 13.8 Å². The Morgan fingerprint density at radius 3 is 2.70 bits per heavy atom. The Balaban J connectivity index is 1.81. The SMILES string of the molecule is Cc1ccc(SCCOc2cccc(CN)c2)c(C)c1. The van der Waals surface area contributed by atoms with Gasteiger partial charge < -0.3 is 10.5 Å². The topological polar surface area (TPSA) is 35.2 Å². The molecule has 0 saturated carbocycles. The summed E-state index contributed by atoms with van der Waals surface area (Å²) in [6, 6.07) is 14.5. The van der Waals surface area contributed by atoms with Crippen molar-refractivity contribution >= 4 is 11.8 Å². The van der Waals surface area contributed by atoms with Crippen LogP contribution in [0.15, 0.2) is 47.4 Å². The summed E-state index contributed by atoms with van der Waals surface area (Å²) in [6.07, 6.45) is 0. The van der Waals surface area contributed by atoms with Gasteiger partial charge in [-0.3, -0.25) is 0 Å². The maximum absolute atomic E-state index is 5.76. The standard InChI is InChI=1S/C17H21NOS/c1-13-6-7-17(14(2)10-13)20-9-8-19-16-5-3-4-15(11-16)12-18/h3-7,10-11H,8-9,12,18H2,1-2H3. The van der Waals surface area contributed by atoms with Crippen molar-refractivity contribution in [2.75, 3.05) is 12.4 Å². The molecule has 2 N–H and O–H groups in total. The first kappa shape index (κ1) is 14.9. The fourth-order valence-corrected chi connectivity index (χ4v) is 2.87. The average molecular weight is 287 g/mol. The molecule has 20 heavy (non-hydrogen) atoms. The van der Waals surface area contributed by atoms with Crippen LogP contribution in [0.25, 0.3) is 0 Å². The van der Waals surface area contributed by atoms with Gasteiger partial charge in [0.25, 0.3) is 0 Å². The molecule has 0 amide bonds. The van der Waals surface area contributed by atoms with Gasteiger partial charge in [0, 0.05) is 17.2 Å². The van der Waals surface area contributed by atoms with Gasteiger partial charge in [-0.2, -0.15) is 0 Å². The lowest BCUT2D eigenvalue weighted by atomic mass is 10.2. The first-order valence-corrected chi connectivity index (χ1v) is 7.79. The van der Waals surface area contributed by atoms with Gasteiger partial charge in [-0.05, 0) is 43.2 Å². The normalized spacial score (nSPS) is 10.6. The van der Waals surface area contributed by atoms with E-state index < -0.39 is 0 Å². The molecule has 0 aromatic heterocycles. The zero-order chi connectivity index (χ0) is 14.4. The Kier molecular flexibility index (Phi) is 5.50. The van der Waals surface area contributed by atoms with Gasteiger partial charge in [0.05, 0.1) is 6.61 Å². The second-order valence-corrected chi connectivity index (χ2v) is 5.95. The van der Waals surface area contributed by atoms with E-state index in [1.165, 1.54) is 16.0 Å². The van der Waals surface area contributed by atoms with Crippen molar-refractivity contribution < 1.29 is 4.74 Å². The van der Waals surface area contributed by atoms with Crippen LogP contribution >= 0.6 is 11.8 Å². The molecule has 2 nitrogen and oxygen atoms in total. The van der Waals surface area contributed by atoms with Crippen molar-refractivity contribution in [3.05, 3.63) is 59.2 Å². The van der Waals surface area contributed by atoms with Crippen LogP contribution in [0.4, 0.5) is 0 Å². The third-order valence-electron chi connectivity index (χ3n) is 3.07. The molecule has 0 atom stereocenters. The van der Waals surface area contributed by atoms with Crippen LogP contribution in [-0.4, -0.2) is 12.4 Å². The van der Waals surface area contributed by atoms with Gasteiger partial charge in [0.2, 0.25) is 0 Å². The number of benzene rings is 2. The molecule has 0 heterocycles. The third kappa shape index (κ3) is 4.29. The Morgan fingerprint density at radius 1 is 1.10 bits per heavy atom. The summed E-state index contributed by atoms with van der Waals surface area (Å²) in [6.45, 7) is 5.52. The fraction of sp³-hybridized carbons (Fsp3) is 0.294. The lowest BCUT2D eigenvalue weighted by Gasteiger charge is -2.09. The molecule has 3 heteroatoms. The Bertz CT molecular complexity index is 569. The lowest BCUT2D eigenvalue weighted by Crippen LogP contribution is -2.02. The number of hydrogen-bond donors (Lipinski definition) is 1. The molecule has 0 radical (unpaired) electrons. The van der Waals surface area contributed by atoms with Crippen LogP contribution in [0.3, 0.4) is 0 Å². The average Bonchev–Trinajstić information content (AvgIpc) is 2.45. The van der Waals surface area contributed by atoms with E-state index in [0.29, 0.717) is 13.2 Å². The van der Waals surface area contributed by atoms with E-state index in [-0.39, 0.29) is 0 Å². The van der Waals surface area contributed by atoms with Gasteiger partial charge in [-0.25, -0.2) is 0 Å². The molecule has 2 aromatic rings. The monoisotopic (exact) mass is 287 g/mol. The first-order chi connectivity index (χ1) is 9.69. The summed E-state index contributed by atoms with van der Waals surface area (Å²) in [7, 11) is 0. The molecule has 106 valence electrons. The minimum atomic E-state index is 0.550. The van der Waals surface area contributed by atoms with Gasteiger partial charge in [-0.1, -0.05) is 29.8 Å². The molecule has 2 rings (SSSR count). The second kappa shape index (κ2) is 7.36. The molecule has 0 aliphatic carbocycles. The zero-order valence-corrected chi connectivity index (χ0v) is 12.9. The highest BCUT2D eigenvalue weighted by molar-refractivity contribution is 7.99. The van der Waals surface area contributed by atoms with E-state index in [1.54, 1.807) is 0 Å². The lowest BCUT2D eigenvalue weighted by molar-refractivity contribution is 0.343. The molecule has 2 aromatic carbocycles. The van der Waals surface area contributed by atoms with Gasteiger partial charge in [0.15, 0.2) is 0 Å². The third-order valence-corrected chi connectivity index (χ3v) is 4.21. The van der Waals surface area contributed by atoms with E-state index in [1.807, 2.05) is 36.0 Å². The molecule has 0 spiro atoms. The number of hydrogen-bond acceptors (Lipinski definition) is 3. The Labute approximate surface area is 125 Å². The van der Waals surface area contributed by atoms with Crippen molar-refractivity contribution in [3.63, 3.8) is 0 Å². The summed E-state index contributed by atoms with van der Waals surface area (Å²) in [4.78, 5) is 1.33. The van der Waals surface area contributed by atoms with Crippen molar-refractivity contribution in [1.82, 2.24) is 0 Å². The Hall–Kier alpha value is -1.45. The quantitative estimate of drug-likeness (QED) is 0.646. The Morgan fingerprint density at radius 2 is 1.95 bits per heavy atom. The molecular formula is C17H21NOS. The van der Waals surface area contributed by atoms with E-state index >= 15 is 0 Å². The fourth-order valence-electron chi connectivity index (χ4n) is 2.03. The zero-order valence-electron chi connectivity index (χ0n) is 12.1. The van der Waals surface area contributed by atoms with E-state index in [4.69, 9.17) is 10.5 Å². The highest BCUT2D eigenvalue weighted by Crippen LogP contribution is 2.23. The number of rotatable bonds is 6. The number of ether oxygens (including phenoxy) is 1. The van der Waals surface area contributed by atoms with Crippen molar-refractivity contribution in [3.8, 4) is 5.75 Å². The van der Waals surface area contributed by atoms with Crippen LogP contribution in [0.5, 0.6) is 5.75 Å². The number of nitrogens with two attached hydrogens (primary N) is 1. The van der Waals surface area contributed by atoms with Crippen LogP contribution in [0.2, 0.25) is 0 Å². The summed E-state index contributed by atoms with van der Waals surface area (Å²) < 4.78 is 5.76. The maximum Gasteiger partial charge on any atom is 0.119 e. The predicted octanol–water partition coefficient (Wildman–Crippen LogP) is 3.93. The van der Waals surface area contributed by atoms with Crippen molar-refractivity contribution in [2.24, 2.45) is 5.73 Å². The van der Waals surface area contributed by atoms with Crippen molar-refractivity contribution in [1.29, 1.82) is 0 Å². The minimum Gasteiger partial charge on any atom is -0.493 e. The first-order valence-electron chi connectivity index (χ1n) is 6.81. The predicted molar refractivity (Wildman–Crippen MR) is 86.5 cm³/mol. The largest absolute Gasteiger partial charge is 0.493 e. The smallest absolute Gasteiger partial charge is 0.119 e. The van der Waals surface area contributed by atoms with Gasteiger partial charge >= 0.3 is 0 Å². The van der Waals surface area contributed by atoms with E-state index in [0.717, 1.165) is 17.1 Å². The summed E-state index contributed by atoms with van der Waals surface area (Å²) in [5, 5.41) is 0. The molecule has 0 saturated heterocycles. The molecule has 0 aliphatic heterocycles. The van der Waals surface area contributed by atoms with Crippen molar-refractivity contribution in [2.45, 2.75) is 25.3 Å². The van der Waals surface area contributed by atoms with E-state index in [2.05, 4.69) is 32.0 Å². The van der Waals surface area contributed by atoms with Crippen LogP contribution in [0.1, 0.15) is 16.7 Å². The molecule has 0 bridgehead atoms. The maximum atomic E-state index is 5.76. The second-order valence-electron chi connectivity index (χ2n) is 4.82. The van der Waals surface area contributed by atoms with Gasteiger partial charge in [0.1, 0.15) is 5.75 Å². The number of thioether (sulfide) groups is 1. The molecular weight excluding hydrogens is 266 g/mol. The summed E-state index contributed by atoms with van der Waals surface area (Å²) >= 11 is 1.84. The highest BCUT2D eigenvalue weighted by Gasteiger charge is 2.00. The summed E-state index contributed by atoms with van der Waals surface area (Å²) in [5.74, 6) is 1.84. The minimum absolute atomic E-state index is 0.550.